The molecule has 2 aromatic carbocycles. The number of nitrogens with one attached hydrogen (secondary N) is 1. The van der Waals surface area contributed by atoms with Crippen molar-refractivity contribution in [1.29, 1.82) is 0 Å². The summed E-state index contributed by atoms with van der Waals surface area (Å²) in [5.74, 6) is 0.187. The number of hydrogen-bond acceptors (Lipinski definition) is 4. The first-order valence-corrected chi connectivity index (χ1v) is 11.0. The summed E-state index contributed by atoms with van der Waals surface area (Å²) in [7, 11) is -2.32. The standard InChI is InChI=1S/C21H26N2O4S/c1-3-19(16-9-5-4-6-10-16)22-28(25,26)17-11-12-20(27-2)18(15-17)21(24)23-13-7-8-14-23/h4-6,9-12,15,19,22H,3,7-8,13-14H2,1-2H3/t19-/m1/s1. The lowest BCUT2D eigenvalue weighted by Crippen LogP contribution is -2.30. The van der Waals surface area contributed by atoms with Crippen LogP contribution in [0.25, 0.3) is 0 Å². The number of benzene rings is 2. The number of ether oxygens (including phenoxy) is 1. The molecule has 28 heavy (non-hydrogen) atoms. The van der Waals surface area contributed by atoms with E-state index < -0.39 is 10.0 Å². The van der Waals surface area contributed by atoms with E-state index in [4.69, 9.17) is 4.74 Å². The van der Waals surface area contributed by atoms with Gasteiger partial charge >= 0.3 is 0 Å². The molecule has 1 N–H and O–H groups in total. The Balaban J connectivity index is 1.91. The molecule has 1 aliphatic rings. The third kappa shape index (κ3) is 4.36. The third-order valence-corrected chi connectivity index (χ3v) is 6.48. The molecule has 0 bridgehead atoms. The highest BCUT2D eigenvalue weighted by atomic mass is 32.2. The van der Waals surface area contributed by atoms with Crippen LogP contribution >= 0.6 is 0 Å². The van der Waals surface area contributed by atoms with Gasteiger partial charge in [0.1, 0.15) is 5.75 Å². The summed E-state index contributed by atoms with van der Waals surface area (Å²) in [4.78, 5) is 14.6. The van der Waals surface area contributed by atoms with Gasteiger partial charge in [-0.05, 0) is 43.0 Å². The Bertz CT molecular complexity index is 923. The SMILES string of the molecule is CC[C@@H](NS(=O)(=O)c1ccc(OC)c(C(=O)N2CCCC2)c1)c1ccccc1. The van der Waals surface area contributed by atoms with Crippen molar-refractivity contribution in [3.63, 3.8) is 0 Å². The van der Waals surface area contributed by atoms with Crippen LogP contribution in [0.5, 0.6) is 5.75 Å². The second kappa shape index (κ2) is 8.75. The zero-order chi connectivity index (χ0) is 20.1. The number of rotatable bonds is 7. The molecule has 1 fully saturated rings. The molecule has 0 aromatic heterocycles. The van der Waals surface area contributed by atoms with E-state index in [9.17, 15) is 13.2 Å². The van der Waals surface area contributed by atoms with Gasteiger partial charge in [0.25, 0.3) is 5.91 Å². The normalized spacial score (nSPS) is 15.4. The first kappa shape index (κ1) is 20.4. The molecule has 1 saturated heterocycles. The van der Waals surface area contributed by atoms with Crippen LogP contribution < -0.4 is 9.46 Å². The molecule has 0 radical (unpaired) electrons. The van der Waals surface area contributed by atoms with Crippen molar-refractivity contribution in [2.45, 2.75) is 37.1 Å². The van der Waals surface area contributed by atoms with Crippen LogP contribution in [0, 0.1) is 0 Å². The Morgan fingerprint density at radius 2 is 1.82 bits per heavy atom. The second-order valence-corrected chi connectivity index (χ2v) is 8.57. The Kier molecular flexibility index (Phi) is 6.36. The molecule has 3 rings (SSSR count). The van der Waals surface area contributed by atoms with E-state index in [1.165, 1.54) is 19.2 Å². The first-order chi connectivity index (χ1) is 13.5. The predicted octanol–water partition coefficient (Wildman–Crippen LogP) is 3.36. The van der Waals surface area contributed by atoms with Crippen molar-refractivity contribution < 1.29 is 17.9 Å². The highest BCUT2D eigenvalue weighted by Crippen LogP contribution is 2.27. The Morgan fingerprint density at radius 3 is 2.43 bits per heavy atom. The minimum absolute atomic E-state index is 0.0604. The van der Waals surface area contributed by atoms with Crippen molar-refractivity contribution in [2.75, 3.05) is 20.2 Å². The van der Waals surface area contributed by atoms with Gasteiger partial charge in [0.15, 0.2) is 0 Å². The van der Waals surface area contributed by atoms with E-state index in [1.54, 1.807) is 11.0 Å². The summed E-state index contributed by atoms with van der Waals surface area (Å²) in [6.45, 7) is 3.29. The highest BCUT2D eigenvalue weighted by molar-refractivity contribution is 7.89. The highest BCUT2D eigenvalue weighted by Gasteiger charge is 2.26. The molecule has 1 atom stereocenters. The van der Waals surface area contributed by atoms with E-state index in [2.05, 4.69) is 4.72 Å². The van der Waals surface area contributed by atoms with Crippen molar-refractivity contribution >= 4 is 15.9 Å². The number of sulfonamides is 1. The molecule has 0 spiro atoms. The molecular formula is C21H26N2O4S. The number of methoxy groups -OCH3 is 1. The van der Waals surface area contributed by atoms with E-state index in [0.29, 0.717) is 25.3 Å². The lowest BCUT2D eigenvalue weighted by atomic mass is 10.1. The molecule has 6 nitrogen and oxygen atoms in total. The van der Waals surface area contributed by atoms with Crippen molar-refractivity contribution in [3.05, 3.63) is 59.7 Å². The van der Waals surface area contributed by atoms with Crippen molar-refractivity contribution in [2.24, 2.45) is 0 Å². The van der Waals surface area contributed by atoms with Gasteiger partial charge in [-0.1, -0.05) is 37.3 Å². The second-order valence-electron chi connectivity index (χ2n) is 6.85. The molecule has 2 aromatic rings. The summed E-state index contributed by atoms with van der Waals surface area (Å²) in [5, 5.41) is 0. The summed E-state index contributed by atoms with van der Waals surface area (Å²) in [6.07, 6.45) is 2.53. The number of likely N-dealkylation sites (tertiary alicyclic amines) is 1. The zero-order valence-corrected chi connectivity index (χ0v) is 17.0. The smallest absolute Gasteiger partial charge is 0.257 e. The van der Waals surface area contributed by atoms with Gasteiger partial charge in [0.2, 0.25) is 10.0 Å². The molecule has 1 heterocycles. The lowest BCUT2D eigenvalue weighted by molar-refractivity contribution is 0.0789. The molecule has 0 aliphatic carbocycles. The number of carbonyl (C=O) groups is 1. The molecule has 1 aliphatic heterocycles. The van der Waals surface area contributed by atoms with Crippen molar-refractivity contribution in [1.82, 2.24) is 9.62 Å². The number of hydrogen-bond donors (Lipinski definition) is 1. The quantitative estimate of drug-likeness (QED) is 0.771. The van der Waals surface area contributed by atoms with Crippen LogP contribution in [0.2, 0.25) is 0 Å². The average molecular weight is 403 g/mol. The van der Waals surface area contributed by atoms with Gasteiger partial charge in [-0.3, -0.25) is 4.79 Å². The van der Waals surface area contributed by atoms with Crippen molar-refractivity contribution in [3.8, 4) is 5.75 Å². The van der Waals surface area contributed by atoms with E-state index in [0.717, 1.165) is 18.4 Å². The van der Waals surface area contributed by atoms with Crippen LogP contribution in [0.15, 0.2) is 53.4 Å². The van der Waals surface area contributed by atoms with E-state index in [1.807, 2.05) is 37.3 Å². The number of carbonyl (C=O) groups excluding carboxylic acids is 1. The first-order valence-electron chi connectivity index (χ1n) is 9.51. The van der Waals surface area contributed by atoms with Gasteiger partial charge < -0.3 is 9.64 Å². The molecule has 0 saturated carbocycles. The zero-order valence-electron chi connectivity index (χ0n) is 16.2. The molecule has 0 unspecified atom stereocenters. The van der Waals surface area contributed by atoms with Crippen LogP contribution in [-0.4, -0.2) is 39.4 Å². The maximum Gasteiger partial charge on any atom is 0.257 e. The van der Waals surface area contributed by atoms with Crippen LogP contribution in [0.3, 0.4) is 0 Å². The maximum atomic E-state index is 13.0. The van der Waals surface area contributed by atoms with E-state index in [-0.39, 0.29) is 22.4 Å². The minimum atomic E-state index is -3.80. The summed E-state index contributed by atoms with van der Waals surface area (Å²) in [6, 6.07) is 13.5. The molecule has 1 amide bonds. The summed E-state index contributed by atoms with van der Waals surface area (Å²) in [5.41, 5.74) is 1.18. The third-order valence-electron chi connectivity index (χ3n) is 5.01. The minimum Gasteiger partial charge on any atom is -0.496 e. The van der Waals surface area contributed by atoms with Gasteiger partial charge in [-0.25, -0.2) is 13.1 Å². The van der Waals surface area contributed by atoms with Gasteiger partial charge in [-0.2, -0.15) is 0 Å². The Hall–Kier alpha value is -2.38. The predicted molar refractivity (Wildman–Crippen MR) is 108 cm³/mol. The topological polar surface area (TPSA) is 75.7 Å². The fourth-order valence-electron chi connectivity index (χ4n) is 3.44. The van der Waals surface area contributed by atoms with Gasteiger partial charge in [0.05, 0.1) is 17.6 Å². The average Bonchev–Trinajstić information content (AvgIpc) is 3.26. The largest absolute Gasteiger partial charge is 0.496 e. The monoisotopic (exact) mass is 402 g/mol. The maximum absolute atomic E-state index is 13.0. The van der Waals surface area contributed by atoms with Crippen LogP contribution in [-0.2, 0) is 10.0 Å². The van der Waals surface area contributed by atoms with Crippen LogP contribution in [0.1, 0.15) is 48.1 Å². The lowest BCUT2D eigenvalue weighted by Gasteiger charge is -2.20. The summed E-state index contributed by atoms with van der Waals surface area (Å²) >= 11 is 0. The Labute approximate surface area is 166 Å². The molecule has 150 valence electrons. The number of amides is 1. The number of nitrogens with zero attached hydrogens (tertiary/aromatic N) is 1. The van der Waals surface area contributed by atoms with E-state index >= 15 is 0 Å². The van der Waals surface area contributed by atoms with Crippen LogP contribution in [0.4, 0.5) is 0 Å². The Morgan fingerprint density at radius 1 is 1.14 bits per heavy atom. The molecular weight excluding hydrogens is 376 g/mol. The molecule has 7 heteroatoms. The fourth-order valence-corrected chi connectivity index (χ4v) is 4.77. The fraction of sp³-hybridized carbons (Fsp3) is 0.381. The van der Waals surface area contributed by atoms with Gasteiger partial charge in [-0.15, -0.1) is 0 Å². The summed E-state index contributed by atoms with van der Waals surface area (Å²) < 4.78 is 34.0. The van der Waals surface area contributed by atoms with Gasteiger partial charge in [0, 0.05) is 19.1 Å².